The van der Waals surface area contributed by atoms with Crippen molar-refractivity contribution in [2.45, 2.75) is 38.8 Å². The van der Waals surface area contributed by atoms with Gasteiger partial charge in [-0.1, -0.05) is 24.3 Å². The first kappa shape index (κ1) is 14.9. The molecule has 1 heterocycles. The molecule has 22 heavy (non-hydrogen) atoms. The lowest BCUT2D eigenvalue weighted by Gasteiger charge is -2.23. The molecule has 0 spiro atoms. The maximum Gasteiger partial charge on any atom is 0.123 e. The van der Waals surface area contributed by atoms with Crippen LogP contribution in [0.3, 0.4) is 0 Å². The van der Waals surface area contributed by atoms with Crippen molar-refractivity contribution >= 4 is 5.57 Å². The van der Waals surface area contributed by atoms with Crippen LogP contribution in [-0.2, 0) is 6.54 Å². The predicted octanol–water partition coefficient (Wildman–Crippen LogP) is 4.25. The fourth-order valence-corrected chi connectivity index (χ4v) is 2.89. The second-order valence-corrected chi connectivity index (χ2v) is 5.86. The van der Waals surface area contributed by atoms with Gasteiger partial charge in [-0.3, -0.25) is 4.98 Å². The smallest absolute Gasteiger partial charge is 0.123 e. The lowest BCUT2D eigenvalue weighted by atomic mass is 9.90. The molecule has 0 aliphatic heterocycles. The molecule has 3 rings (SSSR count). The third-order valence-electron chi connectivity index (χ3n) is 4.30. The van der Waals surface area contributed by atoms with E-state index in [0.717, 1.165) is 37.1 Å². The quantitative estimate of drug-likeness (QED) is 0.912. The van der Waals surface area contributed by atoms with Gasteiger partial charge in [-0.05, 0) is 61.1 Å². The van der Waals surface area contributed by atoms with E-state index in [1.54, 1.807) is 0 Å². The third kappa shape index (κ3) is 3.60. The van der Waals surface area contributed by atoms with Gasteiger partial charge in [0.1, 0.15) is 5.82 Å². The summed E-state index contributed by atoms with van der Waals surface area (Å²) in [5.74, 6) is -0.176. The minimum atomic E-state index is -0.176. The lowest BCUT2D eigenvalue weighted by Crippen LogP contribution is -2.30. The number of allylic oxidation sites excluding steroid dienone is 1. The van der Waals surface area contributed by atoms with E-state index in [0.29, 0.717) is 6.04 Å². The van der Waals surface area contributed by atoms with E-state index < -0.39 is 0 Å². The summed E-state index contributed by atoms with van der Waals surface area (Å²) in [5.41, 5.74) is 4.82. The molecule has 2 nitrogen and oxygen atoms in total. The number of pyridine rings is 1. The van der Waals surface area contributed by atoms with Crippen molar-refractivity contribution in [3.05, 3.63) is 71.3 Å². The van der Waals surface area contributed by atoms with Crippen molar-refractivity contribution < 1.29 is 4.39 Å². The maximum absolute atomic E-state index is 13.0. The number of benzene rings is 1. The van der Waals surface area contributed by atoms with Crippen molar-refractivity contribution in [3.8, 4) is 0 Å². The number of rotatable bonds is 4. The average Bonchev–Trinajstić information content (AvgIpc) is 2.55. The zero-order valence-corrected chi connectivity index (χ0v) is 12.8. The second kappa shape index (κ2) is 6.84. The molecule has 1 aliphatic carbocycles. The molecule has 0 fully saturated rings. The highest BCUT2D eigenvalue weighted by atomic mass is 19.1. The van der Waals surface area contributed by atoms with Crippen LogP contribution in [0.1, 0.15) is 36.1 Å². The van der Waals surface area contributed by atoms with Gasteiger partial charge in [-0.25, -0.2) is 4.39 Å². The molecule has 1 atom stereocenters. The van der Waals surface area contributed by atoms with Crippen LogP contribution in [0.25, 0.3) is 5.57 Å². The van der Waals surface area contributed by atoms with Gasteiger partial charge in [-0.15, -0.1) is 0 Å². The van der Waals surface area contributed by atoms with Crippen LogP contribution < -0.4 is 5.32 Å². The molecule has 0 amide bonds. The Labute approximate surface area is 131 Å². The van der Waals surface area contributed by atoms with Gasteiger partial charge in [-0.2, -0.15) is 0 Å². The van der Waals surface area contributed by atoms with Gasteiger partial charge in [0.15, 0.2) is 0 Å². The Bertz CT molecular complexity index is 661. The molecule has 0 saturated heterocycles. The molecule has 1 N–H and O–H groups in total. The maximum atomic E-state index is 13.0. The van der Waals surface area contributed by atoms with E-state index in [1.807, 2.05) is 24.4 Å². The summed E-state index contributed by atoms with van der Waals surface area (Å²) in [6.07, 6.45) is 7.27. The second-order valence-electron chi connectivity index (χ2n) is 5.86. The van der Waals surface area contributed by atoms with E-state index >= 15 is 0 Å². The third-order valence-corrected chi connectivity index (χ3v) is 4.30. The zero-order chi connectivity index (χ0) is 15.4. The van der Waals surface area contributed by atoms with Gasteiger partial charge >= 0.3 is 0 Å². The van der Waals surface area contributed by atoms with Gasteiger partial charge in [0, 0.05) is 18.8 Å². The predicted molar refractivity (Wildman–Crippen MR) is 87.8 cm³/mol. The van der Waals surface area contributed by atoms with Crippen molar-refractivity contribution in [1.29, 1.82) is 0 Å². The number of aryl methyl sites for hydroxylation is 1. The molecule has 0 unspecified atom stereocenters. The largest absolute Gasteiger partial charge is 0.308 e. The molecule has 114 valence electrons. The summed E-state index contributed by atoms with van der Waals surface area (Å²) in [7, 11) is 0. The average molecular weight is 296 g/mol. The molecule has 0 bridgehead atoms. The Morgan fingerprint density at radius 3 is 2.73 bits per heavy atom. The lowest BCUT2D eigenvalue weighted by molar-refractivity contribution is 0.474. The highest BCUT2D eigenvalue weighted by molar-refractivity contribution is 5.66. The SMILES string of the molecule is Cc1cccnc1CN[C@H]1CC=C(c2ccc(F)cc2)CC1. The number of hydrogen-bond acceptors (Lipinski definition) is 2. The van der Waals surface area contributed by atoms with Crippen LogP contribution in [0.5, 0.6) is 0 Å². The molecule has 0 radical (unpaired) electrons. The fraction of sp³-hybridized carbons (Fsp3) is 0.316. The van der Waals surface area contributed by atoms with E-state index in [9.17, 15) is 4.39 Å². The normalized spacial score (nSPS) is 18.1. The summed E-state index contributed by atoms with van der Waals surface area (Å²) >= 11 is 0. The number of aromatic nitrogens is 1. The van der Waals surface area contributed by atoms with Gasteiger partial charge in [0.2, 0.25) is 0 Å². The van der Waals surface area contributed by atoms with Crippen LogP contribution in [-0.4, -0.2) is 11.0 Å². The zero-order valence-electron chi connectivity index (χ0n) is 12.8. The van der Waals surface area contributed by atoms with E-state index in [2.05, 4.69) is 29.4 Å². The fourth-order valence-electron chi connectivity index (χ4n) is 2.89. The Balaban J connectivity index is 1.57. The topological polar surface area (TPSA) is 24.9 Å². The Morgan fingerprint density at radius 1 is 1.23 bits per heavy atom. The van der Waals surface area contributed by atoms with E-state index in [4.69, 9.17) is 0 Å². The number of nitrogens with zero attached hydrogens (tertiary/aromatic N) is 1. The number of halogens is 1. The summed E-state index contributed by atoms with van der Waals surface area (Å²) in [6, 6.07) is 11.4. The van der Waals surface area contributed by atoms with Gasteiger partial charge < -0.3 is 5.32 Å². The van der Waals surface area contributed by atoms with Crippen molar-refractivity contribution in [2.75, 3.05) is 0 Å². The van der Waals surface area contributed by atoms with Crippen LogP contribution in [0.4, 0.5) is 4.39 Å². The molecule has 1 aliphatic rings. The van der Waals surface area contributed by atoms with Crippen LogP contribution in [0.2, 0.25) is 0 Å². The summed E-state index contributed by atoms with van der Waals surface area (Å²) in [6.45, 7) is 2.91. The highest BCUT2D eigenvalue weighted by Gasteiger charge is 2.15. The van der Waals surface area contributed by atoms with Gasteiger partial charge in [0.05, 0.1) is 5.69 Å². The van der Waals surface area contributed by atoms with Crippen molar-refractivity contribution in [3.63, 3.8) is 0 Å². The molecule has 1 aromatic carbocycles. The van der Waals surface area contributed by atoms with Crippen LogP contribution in [0, 0.1) is 12.7 Å². The molecule has 1 aromatic heterocycles. The standard InChI is InChI=1S/C19H21FN2/c1-14-3-2-12-21-19(14)13-22-18-10-6-16(7-11-18)15-4-8-17(20)9-5-15/h2-6,8-9,12,18,22H,7,10-11,13H2,1H3/t18-/m0/s1. The Kier molecular flexibility index (Phi) is 4.64. The molecule has 2 aromatic rings. The number of hydrogen-bond donors (Lipinski definition) is 1. The summed E-state index contributed by atoms with van der Waals surface area (Å²) < 4.78 is 13.0. The minimum absolute atomic E-state index is 0.176. The molecule has 3 heteroatoms. The summed E-state index contributed by atoms with van der Waals surface area (Å²) in [4.78, 5) is 4.42. The minimum Gasteiger partial charge on any atom is -0.308 e. The van der Waals surface area contributed by atoms with E-state index in [1.165, 1.54) is 23.3 Å². The molecular weight excluding hydrogens is 275 g/mol. The first-order valence-electron chi connectivity index (χ1n) is 7.81. The first-order chi connectivity index (χ1) is 10.7. The van der Waals surface area contributed by atoms with Crippen molar-refractivity contribution in [1.82, 2.24) is 10.3 Å². The Morgan fingerprint density at radius 2 is 2.05 bits per heavy atom. The van der Waals surface area contributed by atoms with Gasteiger partial charge in [0.25, 0.3) is 0 Å². The van der Waals surface area contributed by atoms with Crippen LogP contribution in [0.15, 0.2) is 48.7 Å². The highest BCUT2D eigenvalue weighted by Crippen LogP contribution is 2.27. The first-order valence-corrected chi connectivity index (χ1v) is 7.81. The Hall–Kier alpha value is -2.00. The monoisotopic (exact) mass is 296 g/mol. The van der Waals surface area contributed by atoms with Crippen molar-refractivity contribution in [2.24, 2.45) is 0 Å². The summed E-state index contributed by atoms with van der Waals surface area (Å²) in [5, 5.41) is 3.59. The molecular formula is C19H21FN2. The number of nitrogens with one attached hydrogen (secondary N) is 1. The molecule has 0 saturated carbocycles. The van der Waals surface area contributed by atoms with Crippen LogP contribution >= 0.6 is 0 Å². The van der Waals surface area contributed by atoms with E-state index in [-0.39, 0.29) is 5.82 Å².